The topological polar surface area (TPSA) is 236 Å². The van der Waals surface area contributed by atoms with Crippen LogP contribution in [0, 0.1) is 0 Å². The molecular formula is C36H62N8O11S2. The fraction of sp³-hybridized carbons (Fsp3) is 0.694. The van der Waals surface area contributed by atoms with Crippen LogP contribution in [-0.2, 0) is 39.8 Å². The van der Waals surface area contributed by atoms with Crippen molar-refractivity contribution in [1.82, 2.24) is 30.6 Å². The van der Waals surface area contributed by atoms with Crippen LogP contribution >= 0.6 is 23.5 Å². The van der Waals surface area contributed by atoms with Crippen LogP contribution in [0.25, 0.3) is 0 Å². The average Bonchev–Trinajstić information content (AvgIpc) is 3.15. The number of rotatable bonds is 25. The van der Waals surface area contributed by atoms with Gasteiger partial charge in [-0.3, -0.25) is 0 Å². The quantitative estimate of drug-likeness (QED) is 0.0312. The molecule has 0 radical (unpaired) electrons. The first-order chi connectivity index (χ1) is 27.1. The lowest BCUT2D eigenvalue weighted by molar-refractivity contribution is 0.0409. The second-order valence-corrected chi connectivity index (χ2v) is 14.9. The number of aliphatic hydroxyl groups excluding tert-OH is 1. The van der Waals surface area contributed by atoms with Crippen molar-refractivity contribution in [2.45, 2.75) is 76.6 Å². The third-order valence-corrected chi connectivity index (χ3v) is 7.41. The van der Waals surface area contributed by atoms with Crippen molar-refractivity contribution in [2.24, 2.45) is 0 Å². The molecular weight excluding hydrogens is 785 g/mol. The van der Waals surface area contributed by atoms with E-state index in [1.54, 1.807) is 33.9 Å². The predicted octanol–water partition coefficient (Wildman–Crippen LogP) is 4.01. The van der Waals surface area contributed by atoms with Crippen molar-refractivity contribution in [3.05, 3.63) is 23.5 Å². The summed E-state index contributed by atoms with van der Waals surface area (Å²) in [5.74, 6) is 0.563. The lowest BCUT2D eigenvalue weighted by Gasteiger charge is -2.19. The predicted molar refractivity (Wildman–Crippen MR) is 218 cm³/mol. The number of anilines is 2. The molecule has 2 aromatic rings. The molecule has 0 bridgehead atoms. The fourth-order valence-corrected chi connectivity index (χ4v) is 4.60. The van der Waals surface area contributed by atoms with Crippen LogP contribution in [0.5, 0.6) is 0 Å². The van der Waals surface area contributed by atoms with Gasteiger partial charge in [-0.05, 0) is 61.0 Å². The zero-order valence-electron chi connectivity index (χ0n) is 34.7. The van der Waals surface area contributed by atoms with E-state index in [2.05, 4.69) is 41.2 Å². The lowest BCUT2D eigenvalue weighted by atomic mass is 10.2. The highest BCUT2D eigenvalue weighted by molar-refractivity contribution is 7.98. The van der Waals surface area contributed by atoms with Gasteiger partial charge in [0.15, 0.2) is 10.3 Å². The standard InChI is InChI=1S/C19H32N4O6S.C17H30N4O5S/c1-6-28-16(24)14-13-22-17(30-5)23-15(14)20-7-9-26-11-12-27-10-8-21-18(25)29-19(2,3)4;1-17(2,3)26-16(23)19-6-8-25-10-9-24-7-5-18-14-13(12-22)11-20-15(21-14)27-4/h13H,6-12H2,1-5H3,(H,21,25)(H,20,22,23);11,22H,5-10,12H2,1-4H3,(H,19,23)(H,18,20,21). The second kappa shape index (κ2) is 29.5. The van der Waals surface area contributed by atoms with Crippen molar-refractivity contribution in [3.8, 4) is 0 Å². The first-order valence-electron chi connectivity index (χ1n) is 18.4. The Labute approximate surface area is 344 Å². The molecule has 0 fully saturated rings. The summed E-state index contributed by atoms with van der Waals surface area (Å²) in [6.07, 6.45) is 5.90. The van der Waals surface area contributed by atoms with Crippen molar-refractivity contribution in [2.75, 3.05) is 109 Å². The van der Waals surface area contributed by atoms with Crippen molar-refractivity contribution < 1.29 is 52.6 Å². The van der Waals surface area contributed by atoms with Gasteiger partial charge < -0.3 is 59.5 Å². The molecule has 2 heterocycles. The minimum atomic E-state index is -0.521. The zero-order chi connectivity index (χ0) is 42.5. The summed E-state index contributed by atoms with van der Waals surface area (Å²) in [6, 6.07) is 0. The van der Waals surface area contributed by atoms with E-state index in [1.165, 1.54) is 29.7 Å². The number of carbonyl (C=O) groups is 3. The monoisotopic (exact) mass is 846 g/mol. The summed E-state index contributed by atoms with van der Waals surface area (Å²) < 4.78 is 37.0. The molecule has 5 N–H and O–H groups in total. The number of hydrogen-bond donors (Lipinski definition) is 5. The maximum absolute atomic E-state index is 12.0. The van der Waals surface area contributed by atoms with Crippen LogP contribution < -0.4 is 21.3 Å². The van der Waals surface area contributed by atoms with Gasteiger partial charge in [0.2, 0.25) is 0 Å². The maximum atomic E-state index is 12.0. The van der Waals surface area contributed by atoms with E-state index < -0.39 is 29.4 Å². The molecule has 21 heteroatoms. The summed E-state index contributed by atoms with van der Waals surface area (Å²) in [6.45, 7) is 17.8. The molecule has 0 unspecified atom stereocenters. The number of aromatic nitrogens is 4. The Balaban J connectivity index is 0.000000573. The molecule has 57 heavy (non-hydrogen) atoms. The van der Waals surface area contributed by atoms with Gasteiger partial charge >= 0.3 is 18.2 Å². The molecule has 0 aliphatic heterocycles. The Hall–Kier alpha value is -3.73. The van der Waals surface area contributed by atoms with E-state index in [0.29, 0.717) is 107 Å². The van der Waals surface area contributed by atoms with Gasteiger partial charge in [0.05, 0.1) is 66.1 Å². The van der Waals surface area contributed by atoms with Crippen LogP contribution in [0.2, 0.25) is 0 Å². The third-order valence-electron chi connectivity index (χ3n) is 6.29. The number of hydrogen-bond acceptors (Lipinski definition) is 19. The molecule has 19 nitrogen and oxygen atoms in total. The van der Waals surface area contributed by atoms with E-state index in [-0.39, 0.29) is 18.8 Å². The molecule has 2 amide bonds. The van der Waals surface area contributed by atoms with Gasteiger partial charge in [0.25, 0.3) is 0 Å². The summed E-state index contributed by atoms with van der Waals surface area (Å²) in [7, 11) is 0. The number of thioether (sulfide) groups is 2. The minimum absolute atomic E-state index is 0.122. The van der Waals surface area contributed by atoms with E-state index in [1.807, 2.05) is 33.3 Å². The molecule has 0 saturated carbocycles. The highest BCUT2D eigenvalue weighted by Gasteiger charge is 2.17. The number of aliphatic hydroxyl groups is 1. The lowest BCUT2D eigenvalue weighted by Crippen LogP contribution is -2.34. The molecule has 0 aliphatic rings. The van der Waals surface area contributed by atoms with Gasteiger partial charge in [-0.25, -0.2) is 34.3 Å². The number of nitrogens with zero attached hydrogens (tertiary/aromatic N) is 4. The molecule has 2 aromatic heterocycles. The third kappa shape index (κ3) is 26.0. The molecule has 0 atom stereocenters. The summed E-state index contributed by atoms with van der Waals surface area (Å²) >= 11 is 2.82. The normalized spacial score (nSPS) is 11.2. The van der Waals surface area contributed by atoms with E-state index in [0.717, 1.165) is 0 Å². The molecule has 0 aliphatic carbocycles. The number of amides is 2. The van der Waals surface area contributed by atoms with Crippen LogP contribution in [-0.4, -0.2) is 153 Å². The van der Waals surface area contributed by atoms with Crippen molar-refractivity contribution in [3.63, 3.8) is 0 Å². The fourth-order valence-electron chi connectivity index (χ4n) is 3.92. The first-order valence-corrected chi connectivity index (χ1v) is 20.9. The summed E-state index contributed by atoms with van der Waals surface area (Å²) in [5, 5.41) is 21.9. The largest absolute Gasteiger partial charge is 0.462 e. The highest BCUT2D eigenvalue weighted by atomic mass is 32.2. The number of alkyl carbamates (subject to hydrolysis) is 2. The number of carbonyl (C=O) groups excluding carboxylic acids is 3. The van der Waals surface area contributed by atoms with E-state index in [9.17, 15) is 19.5 Å². The number of esters is 1. The molecule has 0 aromatic carbocycles. The van der Waals surface area contributed by atoms with Crippen LogP contribution in [0.15, 0.2) is 22.7 Å². The molecule has 0 saturated heterocycles. The summed E-state index contributed by atoms with van der Waals surface area (Å²) in [5.41, 5.74) is -0.0933. The van der Waals surface area contributed by atoms with Gasteiger partial charge in [0, 0.05) is 44.1 Å². The van der Waals surface area contributed by atoms with Crippen molar-refractivity contribution in [1.29, 1.82) is 0 Å². The van der Waals surface area contributed by atoms with E-state index >= 15 is 0 Å². The zero-order valence-corrected chi connectivity index (χ0v) is 36.3. The second-order valence-electron chi connectivity index (χ2n) is 13.4. The Bertz CT molecular complexity index is 1450. The average molecular weight is 847 g/mol. The number of ether oxygens (including phenoxy) is 7. The summed E-state index contributed by atoms with van der Waals surface area (Å²) in [4.78, 5) is 51.8. The molecule has 2 rings (SSSR count). The number of nitrogens with one attached hydrogen (secondary N) is 4. The SMILES string of the molecule is CCOC(=O)c1cnc(SC)nc1NCCOCCOCCNC(=O)OC(C)(C)C.CSc1ncc(CO)c(NCCOCCOCCNC(=O)OC(C)(C)C)n1. The first kappa shape index (κ1) is 51.3. The maximum Gasteiger partial charge on any atom is 0.407 e. The molecule has 324 valence electrons. The van der Waals surface area contributed by atoms with E-state index in [4.69, 9.17) is 33.2 Å². The van der Waals surface area contributed by atoms with Crippen LogP contribution in [0.4, 0.5) is 21.2 Å². The van der Waals surface area contributed by atoms with Gasteiger partial charge in [-0.1, -0.05) is 23.5 Å². The molecule has 0 spiro atoms. The van der Waals surface area contributed by atoms with Gasteiger partial charge in [0.1, 0.15) is 28.4 Å². The highest BCUT2D eigenvalue weighted by Crippen LogP contribution is 2.18. The van der Waals surface area contributed by atoms with Gasteiger partial charge in [-0.15, -0.1) is 0 Å². The Morgan fingerprint density at radius 3 is 1.49 bits per heavy atom. The van der Waals surface area contributed by atoms with Crippen LogP contribution in [0.3, 0.4) is 0 Å². The van der Waals surface area contributed by atoms with Gasteiger partial charge in [-0.2, -0.15) is 0 Å². The van der Waals surface area contributed by atoms with Crippen molar-refractivity contribution >= 4 is 53.3 Å². The van der Waals surface area contributed by atoms with Crippen LogP contribution in [0.1, 0.15) is 64.4 Å². The Kier molecular flexibility index (Phi) is 26.5. The Morgan fingerprint density at radius 2 is 1.07 bits per heavy atom. The minimum Gasteiger partial charge on any atom is -0.462 e. The smallest absolute Gasteiger partial charge is 0.407 e. The Morgan fingerprint density at radius 1 is 0.649 bits per heavy atom.